The van der Waals surface area contributed by atoms with Gasteiger partial charge in [-0.3, -0.25) is 4.98 Å². The number of hydrogen-bond acceptors (Lipinski definition) is 3. The molecule has 1 aliphatic heterocycles. The molecule has 94 valence electrons. The Morgan fingerprint density at radius 1 is 1.33 bits per heavy atom. The zero-order valence-electron chi connectivity index (χ0n) is 10.5. The molecule has 2 N–H and O–H groups in total. The van der Waals surface area contributed by atoms with E-state index >= 15 is 0 Å². The average molecular weight is 242 g/mol. The molecule has 0 aliphatic carbocycles. The van der Waals surface area contributed by atoms with E-state index in [0.717, 1.165) is 29.3 Å². The van der Waals surface area contributed by atoms with Crippen molar-refractivity contribution in [1.82, 2.24) is 4.98 Å². The summed E-state index contributed by atoms with van der Waals surface area (Å²) in [4.78, 5) is 4.37. The minimum absolute atomic E-state index is 0.0543. The van der Waals surface area contributed by atoms with Crippen molar-refractivity contribution in [1.29, 1.82) is 0 Å². The van der Waals surface area contributed by atoms with Crippen molar-refractivity contribution >= 4 is 10.9 Å². The van der Waals surface area contributed by atoms with Crippen LogP contribution in [0.3, 0.4) is 0 Å². The average Bonchev–Trinajstić information content (AvgIpc) is 2.84. The molecule has 2 heterocycles. The van der Waals surface area contributed by atoms with Crippen LogP contribution in [0.15, 0.2) is 36.5 Å². The second-order valence-electron chi connectivity index (χ2n) is 5.04. The zero-order chi connectivity index (χ0) is 12.5. The molecule has 3 atom stereocenters. The summed E-state index contributed by atoms with van der Waals surface area (Å²) in [6.45, 7) is 2.11. The molecule has 3 heteroatoms. The number of nitrogens with zero attached hydrogens (tertiary/aromatic N) is 1. The van der Waals surface area contributed by atoms with Gasteiger partial charge in [-0.15, -0.1) is 0 Å². The fourth-order valence-electron chi connectivity index (χ4n) is 2.60. The fraction of sp³-hybridized carbons (Fsp3) is 0.400. The first-order valence-electron chi connectivity index (χ1n) is 6.50. The molecule has 1 aromatic carbocycles. The molecular weight excluding hydrogens is 224 g/mol. The van der Waals surface area contributed by atoms with Gasteiger partial charge in [0.2, 0.25) is 0 Å². The van der Waals surface area contributed by atoms with Crippen LogP contribution in [0.2, 0.25) is 0 Å². The Morgan fingerprint density at radius 3 is 3.00 bits per heavy atom. The number of hydrogen-bond donors (Lipinski definition) is 1. The van der Waals surface area contributed by atoms with Gasteiger partial charge in [-0.1, -0.05) is 18.2 Å². The quantitative estimate of drug-likeness (QED) is 0.881. The Labute approximate surface area is 107 Å². The standard InChI is InChI=1S/C15H18N2O/c1-10-4-7-14(18-10)15(16)12-6-5-11-3-2-8-17-13(11)9-12/h2-3,5-6,8-10,14-15H,4,7,16H2,1H3. The highest BCUT2D eigenvalue weighted by atomic mass is 16.5. The highest BCUT2D eigenvalue weighted by Crippen LogP contribution is 2.29. The van der Waals surface area contributed by atoms with Gasteiger partial charge in [-0.05, 0) is 37.5 Å². The Balaban J connectivity index is 1.89. The molecule has 0 amide bonds. The molecule has 0 spiro atoms. The molecular formula is C15H18N2O. The van der Waals surface area contributed by atoms with E-state index in [1.165, 1.54) is 0 Å². The van der Waals surface area contributed by atoms with Crippen molar-refractivity contribution in [3.8, 4) is 0 Å². The molecule has 0 bridgehead atoms. The maximum Gasteiger partial charge on any atom is 0.0772 e. The predicted octanol–water partition coefficient (Wildman–Crippen LogP) is 2.80. The van der Waals surface area contributed by atoms with Gasteiger partial charge in [0.05, 0.1) is 23.8 Å². The molecule has 3 nitrogen and oxygen atoms in total. The summed E-state index contributed by atoms with van der Waals surface area (Å²) in [5.74, 6) is 0. The Hall–Kier alpha value is -1.45. The lowest BCUT2D eigenvalue weighted by molar-refractivity contribution is 0.0401. The van der Waals surface area contributed by atoms with Gasteiger partial charge < -0.3 is 10.5 Å². The molecule has 2 aromatic rings. The van der Waals surface area contributed by atoms with E-state index in [1.54, 1.807) is 0 Å². The summed E-state index contributed by atoms with van der Waals surface area (Å²) in [6.07, 6.45) is 4.43. The summed E-state index contributed by atoms with van der Waals surface area (Å²) in [7, 11) is 0. The van der Waals surface area contributed by atoms with E-state index in [1.807, 2.05) is 12.3 Å². The summed E-state index contributed by atoms with van der Waals surface area (Å²) in [5.41, 5.74) is 8.41. The van der Waals surface area contributed by atoms with E-state index in [9.17, 15) is 0 Å². The van der Waals surface area contributed by atoms with Crippen LogP contribution in [0.4, 0.5) is 0 Å². The van der Waals surface area contributed by atoms with Crippen LogP contribution in [0, 0.1) is 0 Å². The molecule has 0 radical (unpaired) electrons. The SMILES string of the molecule is CC1CCC(C(N)c2ccc3cccnc3c2)O1. The normalized spacial score (nSPS) is 25.4. The van der Waals surface area contributed by atoms with Crippen molar-refractivity contribution in [2.24, 2.45) is 5.73 Å². The highest BCUT2D eigenvalue weighted by Gasteiger charge is 2.28. The minimum Gasteiger partial charge on any atom is -0.373 e. The summed E-state index contributed by atoms with van der Waals surface area (Å²) in [6, 6.07) is 10.2. The highest BCUT2D eigenvalue weighted by molar-refractivity contribution is 5.79. The predicted molar refractivity (Wildman–Crippen MR) is 72.2 cm³/mol. The lowest BCUT2D eigenvalue weighted by Crippen LogP contribution is -2.26. The van der Waals surface area contributed by atoms with Crippen molar-refractivity contribution in [2.45, 2.75) is 38.0 Å². The van der Waals surface area contributed by atoms with Crippen molar-refractivity contribution in [3.63, 3.8) is 0 Å². The van der Waals surface area contributed by atoms with Crippen molar-refractivity contribution in [3.05, 3.63) is 42.1 Å². The second kappa shape index (κ2) is 4.67. The van der Waals surface area contributed by atoms with Crippen LogP contribution in [0.25, 0.3) is 10.9 Å². The summed E-state index contributed by atoms with van der Waals surface area (Å²) in [5, 5.41) is 1.15. The lowest BCUT2D eigenvalue weighted by Gasteiger charge is -2.20. The van der Waals surface area contributed by atoms with Gasteiger partial charge in [0.15, 0.2) is 0 Å². The molecule has 1 saturated heterocycles. The van der Waals surface area contributed by atoms with Crippen LogP contribution in [0.1, 0.15) is 31.4 Å². The molecule has 3 rings (SSSR count). The molecule has 1 aliphatic rings. The largest absolute Gasteiger partial charge is 0.373 e. The maximum atomic E-state index is 6.30. The van der Waals surface area contributed by atoms with Gasteiger partial charge in [0.25, 0.3) is 0 Å². The molecule has 1 aromatic heterocycles. The molecule has 3 unspecified atom stereocenters. The van der Waals surface area contributed by atoms with Crippen LogP contribution >= 0.6 is 0 Å². The molecule has 1 fully saturated rings. The van der Waals surface area contributed by atoms with E-state index in [2.05, 4.69) is 36.2 Å². The van der Waals surface area contributed by atoms with E-state index in [-0.39, 0.29) is 12.1 Å². The third kappa shape index (κ3) is 2.11. The molecule has 18 heavy (non-hydrogen) atoms. The lowest BCUT2D eigenvalue weighted by atomic mass is 9.99. The van der Waals surface area contributed by atoms with Crippen LogP contribution in [-0.4, -0.2) is 17.2 Å². The van der Waals surface area contributed by atoms with Gasteiger partial charge in [-0.25, -0.2) is 0 Å². The second-order valence-corrected chi connectivity index (χ2v) is 5.04. The fourth-order valence-corrected chi connectivity index (χ4v) is 2.60. The number of benzene rings is 1. The van der Waals surface area contributed by atoms with Crippen LogP contribution in [-0.2, 0) is 4.74 Å². The Bertz CT molecular complexity index is 555. The summed E-state index contributed by atoms with van der Waals surface area (Å²) >= 11 is 0. The Kier molecular flexibility index (Phi) is 3.02. The first kappa shape index (κ1) is 11.6. The van der Waals surface area contributed by atoms with E-state index in [0.29, 0.717) is 6.10 Å². The van der Waals surface area contributed by atoms with Crippen LogP contribution < -0.4 is 5.73 Å². The number of aromatic nitrogens is 1. The number of pyridine rings is 1. The smallest absolute Gasteiger partial charge is 0.0772 e. The van der Waals surface area contributed by atoms with Gasteiger partial charge in [0.1, 0.15) is 0 Å². The number of rotatable bonds is 2. The van der Waals surface area contributed by atoms with Crippen molar-refractivity contribution < 1.29 is 4.74 Å². The van der Waals surface area contributed by atoms with E-state index < -0.39 is 0 Å². The van der Waals surface area contributed by atoms with Gasteiger partial charge >= 0.3 is 0 Å². The maximum absolute atomic E-state index is 6.30. The topological polar surface area (TPSA) is 48.1 Å². The monoisotopic (exact) mass is 242 g/mol. The van der Waals surface area contributed by atoms with E-state index in [4.69, 9.17) is 10.5 Å². The van der Waals surface area contributed by atoms with Crippen LogP contribution in [0.5, 0.6) is 0 Å². The number of ether oxygens (including phenoxy) is 1. The molecule has 0 saturated carbocycles. The third-order valence-electron chi connectivity index (χ3n) is 3.68. The zero-order valence-corrected chi connectivity index (χ0v) is 10.5. The van der Waals surface area contributed by atoms with Gasteiger partial charge in [-0.2, -0.15) is 0 Å². The first-order chi connectivity index (χ1) is 8.74. The number of fused-ring (bicyclic) bond motifs is 1. The first-order valence-corrected chi connectivity index (χ1v) is 6.50. The van der Waals surface area contributed by atoms with Gasteiger partial charge in [0, 0.05) is 11.6 Å². The van der Waals surface area contributed by atoms with Crippen molar-refractivity contribution in [2.75, 3.05) is 0 Å². The minimum atomic E-state index is -0.0543. The Morgan fingerprint density at radius 2 is 2.22 bits per heavy atom. The third-order valence-corrected chi connectivity index (χ3v) is 3.68. The summed E-state index contributed by atoms with van der Waals surface area (Å²) < 4.78 is 5.84. The number of nitrogens with two attached hydrogens (primary N) is 1.